The quantitative estimate of drug-likeness (QED) is 0.630. The zero-order valence-corrected chi connectivity index (χ0v) is 13.0. The number of piperazine rings is 1. The zero-order valence-electron chi connectivity index (χ0n) is 13.0. The van der Waals surface area contributed by atoms with E-state index in [9.17, 15) is 10.1 Å². The largest absolute Gasteiger partial charge is 0.367 e. The van der Waals surface area contributed by atoms with Crippen molar-refractivity contribution in [2.45, 2.75) is 25.3 Å². The first-order valence-corrected chi connectivity index (χ1v) is 8.25. The normalized spacial score (nSPS) is 22.1. The van der Waals surface area contributed by atoms with Crippen LogP contribution in [-0.2, 0) is 0 Å². The Hall–Kier alpha value is -2.21. The molecule has 2 fully saturated rings. The van der Waals surface area contributed by atoms with Gasteiger partial charge < -0.3 is 4.90 Å². The number of piperidine rings is 1. The molecular formula is C17H20N4O2. The van der Waals surface area contributed by atoms with Crippen molar-refractivity contribution >= 4 is 22.3 Å². The zero-order chi connectivity index (χ0) is 15.8. The van der Waals surface area contributed by atoms with Crippen molar-refractivity contribution in [2.24, 2.45) is 0 Å². The molecule has 0 saturated carbocycles. The number of hydrogen-bond donors (Lipinski definition) is 0. The number of aromatic nitrogens is 1. The van der Waals surface area contributed by atoms with Crippen molar-refractivity contribution in [2.75, 3.05) is 31.1 Å². The SMILES string of the molecule is O=[N+]([O-])c1ccc(N2CCN3CCCCC3C2)c2ncccc12. The monoisotopic (exact) mass is 312 g/mol. The fourth-order valence-electron chi connectivity index (χ4n) is 3.93. The molecule has 2 aliphatic heterocycles. The number of nitrogens with zero attached hydrogens (tertiary/aromatic N) is 4. The summed E-state index contributed by atoms with van der Waals surface area (Å²) in [6.07, 6.45) is 5.56. The van der Waals surface area contributed by atoms with Crippen molar-refractivity contribution in [3.05, 3.63) is 40.6 Å². The van der Waals surface area contributed by atoms with Gasteiger partial charge in [-0.1, -0.05) is 6.42 Å². The number of rotatable bonds is 2. The van der Waals surface area contributed by atoms with Crippen molar-refractivity contribution in [1.82, 2.24) is 9.88 Å². The van der Waals surface area contributed by atoms with Crippen molar-refractivity contribution in [1.29, 1.82) is 0 Å². The predicted octanol–water partition coefficient (Wildman–Crippen LogP) is 2.82. The fourth-order valence-corrected chi connectivity index (χ4v) is 3.93. The van der Waals surface area contributed by atoms with E-state index < -0.39 is 0 Å². The molecule has 2 saturated heterocycles. The van der Waals surface area contributed by atoms with Gasteiger partial charge in [0.1, 0.15) is 5.52 Å². The second-order valence-corrected chi connectivity index (χ2v) is 6.39. The van der Waals surface area contributed by atoms with E-state index in [1.54, 1.807) is 24.4 Å². The van der Waals surface area contributed by atoms with E-state index in [1.807, 2.05) is 6.07 Å². The van der Waals surface area contributed by atoms with E-state index in [-0.39, 0.29) is 10.6 Å². The van der Waals surface area contributed by atoms with Crippen molar-refractivity contribution < 1.29 is 4.92 Å². The summed E-state index contributed by atoms with van der Waals surface area (Å²) in [6, 6.07) is 7.64. The van der Waals surface area contributed by atoms with Gasteiger partial charge in [-0.25, -0.2) is 0 Å². The van der Waals surface area contributed by atoms with Gasteiger partial charge in [0.2, 0.25) is 0 Å². The Morgan fingerprint density at radius 2 is 2.09 bits per heavy atom. The van der Waals surface area contributed by atoms with Gasteiger partial charge in [-0.2, -0.15) is 0 Å². The molecule has 6 heteroatoms. The molecule has 3 heterocycles. The summed E-state index contributed by atoms with van der Waals surface area (Å²) in [6.45, 7) is 4.22. The first-order chi connectivity index (χ1) is 11.2. The van der Waals surface area contributed by atoms with E-state index in [4.69, 9.17) is 0 Å². The molecule has 0 N–H and O–H groups in total. The molecule has 4 rings (SSSR count). The van der Waals surface area contributed by atoms with E-state index in [1.165, 1.54) is 25.8 Å². The van der Waals surface area contributed by atoms with Crippen molar-refractivity contribution in [3.8, 4) is 0 Å². The third kappa shape index (κ3) is 2.53. The number of benzene rings is 1. The van der Waals surface area contributed by atoms with Gasteiger partial charge >= 0.3 is 0 Å². The minimum Gasteiger partial charge on any atom is -0.367 e. The Balaban J connectivity index is 1.72. The maximum atomic E-state index is 11.2. The van der Waals surface area contributed by atoms with Gasteiger partial charge in [-0.15, -0.1) is 0 Å². The molecule has 1 atom stereocenters. The average Bonchev–Trinajstić information content (AvgIpc) is 2.60. The lowest BCUT2D eigenvalue weighted by atomic mass is 9.99. The number of non-ortho nitro benzene ring substituents is 1. The van der Waals surface area contributed by atoms with Crippen LogP contribution in [0.25, 0.3) is 10.9 Å². The van der Waals surface area contributed by atoms with Crippen LogP contribution >= 0.6 is 0 Å². The van der Waals surface area contributed by atoms with Crippen LogP contribution in [0.4, 0.5) is 11.4 Å². The van der Waals surface area contributed by atoms with Crippen LogP contribution in [0, 0.1) is 10.1 Å². The molecule has 0 aliphatic carbocycles. The minimum absolute atomic E-state index is 0.133. The second-order valence-electron chi connectivity index (χ2n) is 6.39. The van der Waals surface area contributed by atoms with Crippen LogP contribution in [0.5, 0.6) is 0 Å². The van der Waals surface area contributed by atoms with Gasteiger partial charge in [-0.3, -0.25) is 20.0 Å². The molecule has 1 aromatic heterocycles. The summed E-state index contributed by atoms with van der Waals surface area (Å²) in [5.74, 6) is 0. The maximum Gasteiger partial charge on any atom is 0.278 e. The number of nitro groups is 1. The number of hydrogen-bond acceptors (Lipinski definition) is 5. The minimum atomic E-state index is -0.327. The highest BCUT2D eigenvalue weighted by atomic mass is 16.6. The fraction of sp³-hybridized carbons (Fsp3) is 0.471. The highest BCUT2D eigenvalue weighted by Crippen LogP contribution is 2.34. The Labute approximate surface area is 134 Å². The summed E-state index contributed by atoms with van der Waals surface area (Å²) in [7, 11) is 0. The van der Waals surface area contributed by atoms with E-state index in [0.717, 1.165) is 30.8 Å². The average molecular weight is 312 g/mol. The third-order valence-electron chi connectivity index (χ3n) is 5.10. The first-order valence-electron chi connectivity index (χ1n) is 8.25. The molecule has 2 aromatic rings. The van der Waals surface area contributed by atoms with E-state index >= 15 is 0 Å². The summed E-state index contributed by atoms with van der Waals surface area (Å²) in [5.41, 5.74) is 1.90. The summed E-state index contributed by atoms with van der Waals surface area (Å²) in [5, 5.41) is 11.9. The van der Waals surface area contributed by atoms with Gasteiger partial charge in [-0.05, 0) is 37.6 Å². The van der Waals surface area contributed by atoms with Crippen LogP contribution in [0.2, 0.25) is 0 Å². The van der Waals surface area contributed by atoms with Crippen LogP contribution in [0.1, 0.15) is 19.3 Å². The number of fused-ring (bicyclic) bond motifs is 2. The van der Waals surface area contributed by atoms with E-state index in [2.05, 4.69) is 14.8 Å². The topological polar surface area (TPSA) is 62.5 Å². The highest BCUT2D eigenvalue weighted by Gasteiger charge is 2.30. The van der Waals surface area contributed by atoms with Crippen molar-refractivity contribution in [3.63, 3.8) is 0 Å². The molecule has 1 aromatic carbocycles. The molecule has 120 valence electrons. The number of pyridine rings is 1. The van der Waals surface area contributed by atoms with Gasteiger partial charge in [0.15, 0.2) is 0 Å². The second kappa shape index (κ2) is 5.77. The molecule has 0 amide bonds. The molecule has 0 radical (unpaired) electrons. The Morgan fingerprint density at radius 1 is 1.17 bits per heavy atom. The molecule has 23 heavy (non-hydrogen) atoms. The smallest absolute Gasteiger partial charge is 0.278 e. The third-order valence-corrected chi connectivity index (χ3v) is 5.10. The van der Waals surface area contributed by atoms with Gasteiger partial charge in [0, 0.05) is 37.9 Å². The number of anilines is 1. The molecule has 6 nitrogen and oxygen atoms in total. The van der Waals surface area contributed by atoms with Crippen LogP contribution in [-0.4, -0.2) is 47.0 Å². The first kappa shape index (κ1) is 14.4. The predicted molar refractivity (Wildman–Crippen MR) is 89.8 cm³/mol. The Kier molecular flexibility index (Phi) is 3.61. The lowest BCUT2D eigenvalue weighted by molar-refractivity contribution is -0.383. The Morgan fingerprint density at radius 3 is 2.96 bits per heavy atom. The number of nitro benzene ring substituents is 1. The van der Waals surface area contributed by atoms with Crippen LogP contribution in [0.3, 0.4) is 0 Å². The van der Waals surface area contributed by atoms with Crippen LogP contribution in [0.15, 0.2) is 30.5 Å². The summed E-state index contributed by atoms with van der Waals surface area (Å²) >= 11 is 0. The molecule has 0 bridgehead atoms. The standard InChI is InChI=1S/C17H20N4O2/c22-21(23)15-6-7-16(17-14(15)5-3-8-18-17)20-11-10-19-9-2-1-4-13(19)12-20/h3,5-8,13H,1-2,4,9-12H2. The maximum absolute atomic E-state index is 11.2. The lowest BCUT2D eigenvalue weighted by Gasteiger charge is -2.45. The molecule has 1 unspecified atom stereocenters. The molecular weight excluding hydrogens is 292 g/mol. The molecule has 2 aliphatic rings. The van der Waals surface area contributed by atoms with Gasteiger partial charge in [0.25, 0.3) is 5.69 Å². The van der Waals surface area contributed by atoms with Gasteiger partial charge in [0.05, 0.1) is 16.0 Å². The summed E-state index contributed by atoms with van der Waals surface area (Å²) in [4.78, 5) is 20.3. The molecule has 0 spiro atoms. The highest BCUT2D eigenvalue weighted by molar-refractivity contribution is 5.97. The van der Waals surface area contributed by atoms with E-state index in [0.29, 0.717) is 11.4 Å². The lowest BCUT2D eigenvalue weighted by Crippen LogP contribution is -2.54. The summed E-state index contributed by atoms with van der Waals surface area (Å²) < 4.78 is 0. The Bertz CT molecular complexity index is 748. The van der Waals surface area contributed by atoms with Crippen LogP contribution < -0.4 is 4.90 Å².